The molecule has 0 fully saturated rings. The van der Waals surface area contributed by atoms with Crippen LogP contribution in [0.15, 0.2) is 46.4 Å². The fraction of sp³-hybridized carbons (Fsp3) is 0.364. The Bertz CT molecular complexity index is 712. The van der Waals surface area contributed by atoms with E-state index in [2.05, 4.69) is 82.9 Å². The van der Waals surface area contributed by atoms with E-state index in [0.717, 1.165) is 11.4 Å². The molecule has 0 saturated heterocycles. The maximum atomic E-state index is 4.75. The average molecular weight is 379 g/mol. The first-order chi connectivity index (χ1) is 11.4. The number of benzene rings is 2. The quantitative estimate of drug-likeness (QED) is 0.410. The van der Waals surface area contributed by atoms with Crippen LogP contribution >= 0.6 is 0 Å². The van der Waals surface area contributed by atoms with Crippen molar-refractivity contribution in [1.82, 2.24) is 0 Å². The molecular formula is C22H28N2Ni. The first kappa shape index (κ1) is 21.3. The van der Waals surface area contributed by atoms with Gasteiger partial charge in [-0.05, 0) is 47.9 Å². The molecule has 0 heterocycles. The molecule has 0 aliphatic heterocycles. The van der Waals surface area contributed by atoms with Gasteiger partial charge in [0.15, 0.2) is 0 Å². The number of hydrogen-bond acceptors (Lipinski definition) is 2. The molecule has 2 nitrogen and oxygen atoms in total. The van der Waals surface area contributed by atoms with Crippen LogP contribution in [-0.2, 0) is 16.5 Å². The van der Waals surface area contributed by atoms with E-state index in [1.807, 2.05) is 6.21 Å². The molecule has 0 unspecified atom stereocenters. The monoisotopic (exact) mass is 378 g/mol. The van der Waals surface area contributed by atoms with Gasteiger partial charge in [-0.25, -0.2) is 0 Å². The molecule has 0 amide bonds. The van der Waals surface area contributed by atoms with Crippen molar-refractivity contribution in [3.63, 3.8) is 0 Å². The zero-order chi connectivity index (χ0) is 17.7. The smallest absolute Gasteiger partial charge is 0.0699 e. The Labute approximate surface area is 162 Å². The Hall–Kier alpha value is -1.73. The third-order valence-corrected chi connectivity index (χ3v) is 4.26. The molecular weight excluding hydrogens is 351 g/mol. The van der Waals surface area contributed by atoms with Gasteiger partial charge in [0.05, 0.1) is 11.4 Å². The van der Waals surface area contributed by atoms with Gasteiger partial charge in [-0.2, -0.15) is 0 Å². The SMILES string of the molecule is Cc1cccc(C)c1N=CC=Nc1c(C(C)C)cccc1C(C)C.[Ni]. The van der Waals surface area contributed by atoms with E-state index < -0.39 is 0 Å². The Balaban J connectivity index is 0.00000312. The minimum Gasteiger partial charge on any atom is -0.255 e. The summed E-state index contributed by atoms with van der Waals surface area (Å²) in [6.45, 7) is 13.0. The van der Waals surface area contributed by atoms with Crippen LogP contribution in [0.25, 0.3) is 0 Å². The summed E-state index contributed by atoms with van der Waals surface area (Å²) in [5.74, 6) is 0.901. The summed E-state index contributed by atoms with van der Waals surface area (Å²) in [6.07, 6.45) is 3.62. The van der Waals surface area contributed by atoms with Crippen LogP contribution in [0.5, 0.6) is 0 Å². The van der Waals surface area contributed by atoms with Crippen LogP contribution < -0.4 is 0 Å². The fourth-order valence-corrected chi connectivity index (χ4v) is 2.89. The molecule has 0 aliphatic rings. The summed E-state index contributed by atoms with van der Waals surface area (Å²) in [5, 5.41) is 0. The van der Waals surface area contributed by atoms with Gasteiger partial charge in [0.25, 0.3) is 0 Å². The summed E-state index contributed by atoms with van der Waals surface area (Å²) >= 11 is 0. The summed E-state index contributed by atoms with van der Waals surface area (Å²) in [7, 11) is 0. The third kappa shape index (κ3) is 5.37. The van der Waals surface area contributed by atoms with Gasteiger partial charge in [-0.15, -0.1) is 0 Å². The van der Waals surface area contributed by atoms with Crippen molar-refractivity contribution in [3.05, 3.63) is 58.7 Å². The molecule has 0 aliphatic carbocycles. The molecule has 3 heteroatoms. The molecule has 136 valence electrons. The van der Waals surface area contributed by atoms with Crippen molar-refractivity contribution in [2.24, 2.45) is 9.98 Å². The molecule has 0 aromatic heterocycles. The minimum absolute atomic E-state index is 0. The summed E-state index contributed by atoms with van der Waals surface area (Å²) in [6, 6.07) is 12.7. The van der Waals surface area contributed by atoms with E-state index in [-0.39, 0.29) is 16.5 Å². The molecule has 0 atom stereocenters. The molecule has 2 rings (SSSR count). The Morgan fingerprint density at radius 1 is 0.680 bits per heavy atom. The second-order valence-corrected chi connectivity index (χ2v) is 6.89. The number of aliphatic imine (C=N–C) groups is 2. The largest absolute Gasteiger partial charge is 0.255 e. The van der Waals surface area contributed by atoms with Crippen LogP contribution in [-0.4, -0.2) is 12.4 Å². The summed E-state index contributed by atoms with van der Waals surface area (Å²) in [4.78, 5) is 9.34. The van der Waals surface area contributed by atoms with Gasteiger partial charge in [-0.3, -0.25) is 9.98 Å². The summed E-state index contributed by atoms with van der Waals surface area (Å²) in [5.41, 5.74) is 7.08. The molecule has 2 aromatic rings. The van der Waals surface area contributed by atoms with Gasteiger partial charge in [0, 0.05) is 28.9 Å². The molecule has 25 heavy (non-hydrogen) atoms. The van der Waals surface area contributed by atoms with Gasteiger partial charge in [-0.1, -0.05) is 64.1 Å². The van der Waals surface area contributed by atoms with E-state index >= 15 is 0 Å². The van der Waals surface area contributed by atoms with Gasteiger partial charge in [0.2, 0.25) is 0 Å². The van der Waals surface area contributed by atoms with E-state index in [0.29, 0.717) is 11.8 Å². The Morgan fingerprint density at radius 3 is 1.52 bits per heavy atom. The minimum atomic E-state index is 0. The Morgan fingerprint density at radius 2 is 1.08 bits per heavy atom. The van der Waals surface area contributed by atoms with Crippen molar-refractivity contribution < 1.29 is 16.5 Å². The maximum Gasteiger partial charge on any atom is 0.0699 e. The van der Waals surface area contributed by atoms with Gasteiger partial charge < -0.3 is 0 Å². The van der Waals surface area contributed by atoms with Crippen molar-refractivity contribution in [2.75, 3.05) is 0 Å². The number of para-hydroxylation sites is 2. The second kappa shape index (κ2) is 9.68. The first-order valence-corrected chi connectivity index (χ1v) is 8.67. The molecule has 0 N–H and O–H groups in total. The van der Waals surface area contributed by atoms with Crippen LogP contribution in [0.2, 0.25) is 0 Å². The van der Waals surface area contributed by atoms with E-state index in [9.17, 15) is 0 Å². The van der Waals surface area contributed by atoms with E-state index in [4.69, 9.17) is 4.99 Å². The maximum absolute atomic E-state index is 4.75. The van der Waals surface area contributed by atoms with Crippen molar-refractivity contribution >= 4 is 23.8 Å². The zero-order valence-electron chi connectivity index (χ0n) is 16.0. The van der Waals surface area contributed by atoms with Crippen LogP contribution in [0, 0.1) is 13.8 Å². The van der Waals surface area contributed by atoms with Crippen LogP contribution in [0.3, 0.4) is 0 Å². The Kier molecular flexibility index (Phi) is 8.25. The number of rotatable bonds is 5. The standard InChI is InChI=1S/C22H28N2.Ni/c1-15(2)19-11-8-12-20(16(3)4)22(19)24-14-13-23-21-17(5)9-7-10-18(21)6;/h7-16H,1-6H3;. The second-order valence-electron chi connectivity index (χ2n) is 6.89. The number of aryl methyl sites for hydroxylation is 2. The van der Waals surface area contributed by atoms with E-state index in [1.165, 1.54) is 22.3 Å². The molecule has 2 aromatic carbocycles. The molecule has 0 radical (unpaired) electrons. The summed E-state index contributed by atoms with van der Waals surface area (Å²) < 4.78 is 0. The fourth-order valence-electron chi connectivity index (χ4n) is 2.89. The van der Waals surface area contributed by atoms with Crippen LogP contribution in [0.1, 0.15) is 61.8 Å². The average Bonchev–Trinajstić information content (AvgIpc) is 2.53. The molecule has 0 saturated carbocycles. The molecule has 0 spiro atoms. The van der Waals surface area contributed by atoms with Gasteiger partial charge >= 0.3 is 0 Å². The third-order valence-electron chi connectivity index (χ3n) is 4.26. The van der Waals surface area contributed by atoms with E-state index in [1.54, 1.807) is 6.21 Å². The normalized spacial score (nSPS) is 11.7. The van der Waals surface area contributed by atoms with Crippen LogP contribution in [0.4, 0.5) is 11.4 Å². The predicted octanol–water partition coefficient (Wildman–Crippen LogP) is 6.65. The number of nitrogens with zero attached hydrogens (tertiary/aromatic N) is 2. The van der Waals surface area contributed by atoms with Crippen molar-refractivity contribution in [2.45, 2.75) is 53.4 Å². The topological polar surface area (TPSA) is 24.7 Å². The number of hydrogen-bond donors (Lipinski definition) is 0. The van der Waals surface area contributed by atoms with Crippen molar-refractivity contribution in [3.8, 4) is 0 Å². The first-order valence-electron chi connectivity index (χ1n) is 8.67. The zero-order valence-corrected chi connectivity index (χ0v) is 17.0. The predicted molar refractivity (Wildman–Crippen MR) is 107 cm³/mol. The molecule has 0 bridgehead atoms. The van der Waals surface area contributed by atoms with Gasteiger partial charge in [0.1, 0.15) is 0 Å². The van der Waals surface area contributed by atoms with Crippen molar-refractivity contribution in [1.29, 1.82) is 0 Å².